The molecule has 0 aliphatic rings. The molecule has 0 saturated heterocycles. The number of benzene rings is 1. The number of oxazole rings is 1. The maximum absolute atomic E-state index is 5.89. The molecule has 0 radical (unpaired) electrons. The predicted octanol–water partition coefficient (Wildman–Crippen LogP) is 3.87. The molecule has 90 valence electrons. The smallest absolute Gasteiger partial charge is 0.227 e. The Hall–Kier alpha value is -0.840. The number of aromatic nitrogens is 1. The first-order valence-corrected chi connectivity index (χ1v) is 6.48. The van der Waals surface area contributed by atoms with Gasteiger partial charge in [-0.15, -0.1) is 0 Å². The van der Waals surface area contributed by atoms with E-state index in [4.69, 9.17) is 16.0 Å². The molecule has 2 rings (SSSR count). The van der Waals surface area contributed by atoms with Gasteiger partial charge in [-0.25, -0.2) is 4.98 Å². The standard InChI is InChI=1S/C12H12BrClN2O/c1-2-15-6-9-7-17-12(16-9)10-4-3-8(14)5-11(10)13/h3-5,7,15H,2,6H2,1H3. The normalized spacial score (nSPS) is 10.8. The van der Waals surface area contributed by atoms with Gasteiger partial charge in [0, 0.05) is 16.0 Å². The van der Waals surface area contributed by atoms with Gasteiger partial charge in [0.05, 0.1) is 11.3 Å². The van der Waals surface area contributed by atoms with Crippen LogP contribution in [0.25, 0.3) is 11.5 Å². The lowest BCUT2D eigenvalue weighted by atomic mass is 10.2. The van der Waals surface area contributed by atoms with Gasteiger partial charge in [0.2, 0.25) is 5.89 Å². The van der Waals surface area contributed by atoms with Crippen LogP contribution >= 0.6 is 27.5 Å². The second-order valence-electron chi connectivity index (χ2n) is 3.55. The van der Waals surface area contributed by atoms with E-state index in [2.05, 4.69) is 33.2 Å². The first kappa shape index (κ1) is 12.6. The second kappa shape index (κ2) is 5.67. The molecule has 0 spiro atoms. The fourth-order valence-corrected chi connectivity index (χ4v) is 2.28. The van der Waals surface area contributed by atoms with E-state index in [0.717, 1.165) is 22.3 Å². The highest BCUT2D eigenvalue weighted by atomic mass is 79.9. The molecular weight excluding hydrogens is 304 g/mol. The van der Waals surface area contributed by atoms with Crippen LogP contribution in [0.2, 0.25) is 5.02 Å². The van der Waals surface area contributed by atoms with Gasteiger partial charge in [-0.1, -0.05) is 18.5 Å². The Morgan fingerprint density at radius 1 is 1.47 bits per heavy atom. The molecule has 3 nitrogen and oxygen atoms in total. The van der Waals surface area contributed by atoms with Gasteiger partial charge in [-0.2, -0.15) is 0 Å². The topological polar surface area (TPSA) is 38.1 Å². The van der Waals surface area contributed by atoms with Crippen molar-refractivity contribution in [2.24, 2.45) is 0 Å². The molecule has 0 amide bonds. The van der Waals surface area contributed by atoms with Crippen molar-refractivity contribution in [1.82, 2.24) is 10.3 Å². The Balaban J connectivity index is 2.24. The van der Waals surface area contributed by atoms with Crippen molar-refractivity contribution in [2.45, 2.75) is 13.5 Å². The highest BCUT2D eigenvalue weighted by Crippen LogP contribution is 2.29. The van der Waals surface area contributed by atoms with E-state index < -0.39 is 0 Å². The third kappa shape index (κ3) is 3.09. The van der Waals surface area contributed by atoms with E-state index in [1.54, 1.807) is 6.26 Å². The molecular formula is C12H12BrClN2O. The molecule has 1 aromatic carbocycles. The van der Waals surface area contributed by atoms with Crippen LogP contribution in [-0.2, 0) is 6.54 Å². The molecule has 0 bridgehead atoms. The van der Waals surface area contributed by atoms with Crippen molar-refractivity contribution in [3.05, 3.63) is 39.7 Å². The van der Waals surface area contributed by atoms with E-state index in [0.29, 0.717) is 17.5 Å². The number of rotatable bonds is 4. The highest BCUT2D eigenvalue weighted by molar-refractivity contribution is 9.10. The van der Waals surface area contributed by atoms with Crippen LogP contribution in [0.3, 0.4) is 0 Å². The summed E-state index contributed by atoms with van der Waals surface area (Å²) in [6.45, 7) is 3.68. The average Bonchev–Trinajstić information content (AvgIpc) is 2.75. The van der Waals surface area contributed by atoms with Gasteiger partial charge in [0.15, 0.2) is 0 Å². The van der Waals surface area contributed by atoms with E-state index >= 15 is 0 Å². The van der Waals surface area contributed by atoms with Crippen molar-refractivity contribution < 1.29 is 4.42 Å². The SMILES string of the molecule is CCNCc1coc(-c2ccc(Cl)cc2Br)n1. The van der Waals surface area contributed by atoms with E-state index in [1.807, 2.05) is 18.2 Å². The van der Waals surface area contributed by atoms with E-state index in [1.165, 1.54) is 0 Å². The zero-order chi connectivity index (χ0) is 12.3. The van der Waals surface area contributed by atoms with Crippen molar-refractivity contribution >= 4 is 27.5 Å². The molecule has 0 fully saturated rings. The number of nitrogens with zero attached hydrogens (tertiary/aromatic N) is 1. The number of halogens is 2. The van der Waals surface area contributed by atoms with Crippen LogP contribution in [0.1, 0.15) is 12.6 Å². The van der Waals surface area contributed by atoms with E-state index in [-0.39, 0.29) is 0 Å². The van der Waals surface area contributed by atoms with Gasteiger partial charge in [0.25, 0.3) is 0 Å². The highest BCUT2D eigenvalue weighted by Gasteiger charge is 2.10. The average molecular weight is 316 g/mol. The lowest BCUT2D eigenvalue weighted by molar-refractivity contribution is 0.570. The monoisotopic (exact) mass is 314 g/mol. The molecule has 0 unspecified atom stereocenters. The summed E-state index contributed by atoms with van der Waals surface area (Å²) >= 11 is 9.33. The maximum atomic E-state index is 5.89. The predicted molar refractivity (Wildman–Crippen MR) is 72.0 cm³/mol. The van der Waals surface area contributed by atoms with Gasteiger partial charge in [-0.05, 0) is 40.7 Å². The third-order valence-electron chi connectivity index (χ3n) is 2.27. The van der Waals surface area contributed by atoms with E-state index in [9.17, 15) is 0 Å². The fraction of sp³-hybridized carbons (Fsp3) is 0.250. The minimum atomic E-state index is 0.599. The van der Waals surface area contributed by atoms with Crippen molar-refractivity contribution in [2.75, 3.05) is 6.54 Å². The Morgan fingerprint density at radius 2 is 2.29 bits per heavy atom. The summed E-state index contributed by atoms with van der Waals surface area (Å²) in [5, 5.41) is 3.88. The van der Waals surface area contributed by atoms with Crippen molar-refractivity contribution in [1.29, 1.82) is 0 Å². The first-order chi connectivity index (χ1) is 8.20. The summed E-state index contributed by atoms with van der Waals surface area (Å²) in [5.74, 6) is 0.599. The largest absolute Gasteiger partial charge is 0.444 e. The maximum Gasteiger partial charge on any atom is 0.227 e. The van der Waals surface area contributed by atoms with Crippen LogP contribution in [0.15, 0.2) is 33.4 Å². The lowest BCUT2D eigenvalue weighted by Gasteiger charge is -1.99. The Labute approximate surface area is 113 Å². The van der Waals surface area contributed by atoms with Crippen LogP contribution in [-0.4, -0.2) is 11.5 Å². The first-order valence-electron chi connectivity index (χ1n) is 5.31. The summed E-state index contributed by atoms with van der Waals surface area (Å²) in [5.41, 5.74) is 1.79. The molecule has 5 heteroatoms. The molecule has 0 aliphatic carbocycles. The van der Waals surface area contributed by atoms with Crippen LogP contribution in [0.4, 0.5) is 0 Å². The zero-order valence-electron chi connectivity index (χ0n) is 9.34. The molecule has 0 saturated carbocycles. The second-order valence-corrected chi connectivity index (χ2v) is 4.84. The molecule has 0 aliphatic heterocycles. The van der Waals surface area contributed by atoms with Crippen LogP contribution < -0.4 is 5.32 Å². The number of nitrogens with one attached hydrogen (secondary N) is 1. The van der Waals surface area contributed by atoms with Crippen molar-refractivity contribution in [3.63, 3.8) is 0 Å². The van der Waals surface area contributed by atoms with Gasteiger partial charge >= 0.3 is 0 Å². The van der Waals surface area contributed by atoms with Gasteiger partial charge < -0.3 is 9.73 Å². The molecule has 1 aromatic heterocycles. The summed E-state index contributed by atoms with van der Waals surface area (Å²) in [4.78, 5) is 4.41. The summed E-state index contributed by atoms with van der Waals surface area (Å²) in [6, 6.07) is 5.52. The molecule has 1 heterocycles. The summed E-state index contributed by atoms with van der Waals surface area (Å²) < 4.78 is 6.32. The Bertz CT molecular complexity index is 513. The molecule has 1 N–H and O–H groups in total. The Kier molecular flexibility index (Phi) is 4.20. The summed E-state index contributed by atoms with van der Waals surface area (Å²) in [7, 11) is 0. The molecule has 17 heavy (non-hydrogen) atoms. The molecule has 2 aromatic rings. The Morgan fingerprint density at radius 3 is 3.00 bits per heavy atom. The summed E-state index contributed by atoms with van der Waals surface area (Å²) in [6.07, 6.45) is 1.67. The minimum Gasteiger partial charge on any atom is -0.444 e. The molecule has 0 atom stereocenters. The van der Waals surface area contributed by atoms with Crippen LogP contribution in [0.5, 0.6) is 0 Å². The minimum absolute atomic E-state index is 0.599. The fourth-order valence-electron chi connectivity index (χ4n) is 1.43. The zero-order valence-corrected chi connectivity index (χ0v) is 11.7. The number of hydrogen-bond acceptors (Lipinski definition) is 3. The quantitative estimate of drug-likeness (QED) is 0.931. The van der Waals surface area contributed by atoms with Crippen molar-refractivity contribution in [3.8, 4) is 11.5 Å². The number of hydrogen-bond donors (Lipinski definition) is 1. The lowest BCUT2D eigenvalue weighted by Crippen LogP contribution is -2.11. The van der Waals surface area contributed by atoms with Gasteiger partial charge in [-0.3, -0.25) is 0 Å². The third-order valence-corrected chi connectivity index (χ3v) is 3.16. The van der Waals surface area contributed by atoms with Gasteiger partial charge in [0.1, 0.15) is 6.26 Å². The van der Waals surface area contributed by atoms with Crippen LogP contribution in [0, 0.1) is 0 Å².